The van der Waals surface area contributed by atoms with Gasteiger partial charge in [-0.05, 0) is 73.5 Å². The number of methoxy groups -OCH3 is 1. The minimum Gasteiger partial charge on any atom is -0.494 e. The molecule has 39 heavy (non-hydrogen) atoms. The first-order chi connectivity index (χ1) is 18.7. The Morgan fingerprint density at radius 1 is 0.974 bits per heavy atom. The number of carbonyl (C=O) groups excluding carboxylic acids is 2. The summed E-state index contributed by atoms with van der Waals surface area (Å²) < 4.78 is 43.2. The average molecular weight is 554 g/mol. The van der Waals surface area contributed by atoms with Gasteiger partial charge in [-0.3, -0.25) is 4.79 Å². The molecule has 206 valence electrons. The van der Waals surface area contributed by atoms with Crippen LogP contribution < -0.4 is 24.4 Å². The van der Waals surface area contributed by atoms with E-state index in [1.165, 1.54) is 31.5 Å². The van der Waals surface area contributed by atoms with Crippen LogP contribution in [0.25, 0.3) is 0 Å². The molecule has 3 aromatic rings. The van der Waals surface area contributed by atoms with Gasteiger partial charge in [0, 0.05) is 0 Å². The maximum absolute atomic E-state index is 12.6. The Labute approximate surface area is 228 Å². The first-order valence-corrected chi connectivity index (χ1v) is 13.7. The first-order valence-electron chi connectivity index (χ1n) is 12.2. The van der Waals surface area contributed by atoms with E-state index in [-0.39, 0.29) is 16.4 Å². The highest BCUT2D eigenvalue weighted by Crippen LogP contribution is 2.28. The van der Waals surface area contributed by atoms with Gasteiger partial charge in [0.05, 0.1) is 36.9 Å². The quantitative estimate of drug-likeness (QED) is 0.108. The van der Waals surface area contributed by atoms with E-state index in [1.807, 2.05) is 6.92 Å². The summed E-state index contributed by atoms with van der Waals surface area (Å²) in [5.41, 5.74) is 4.07. The van der Waals surface area contributed by atoms with Crippen LogP contribution >= 0.6 is 0 Å². The van der Waals surface area contributed by atoms with Crippen molar-refractivity contribution in [2.75, 3.05) is 20.3 Å². The molecule has 3 aromatic carbocycles. The number of hydrogen-bond acceptors (Lipinski definition) is 8. The number of unbranched alkanes of at least 4 members (excludes halogenated alkanes) is 1. The van der Waals surface area contributed by atoms with E-state index in [2.05, 4.69) is 22.2 Å². The van der Waals surface area contributed by atoms with Crippen molar-refractivity contribution in [3.63, 3.8) is 0 Å². The summed E-state index contributed by atoms with van der Waals surface area (Å²) in [5.74, 6) is -0.0464. The van der Waals surface area contributed by atoms with E-state index in [4.69, 9.17) is 14.2 Å². The smallest absolute Gasteiger partial charge is 0.343 e. The number of esters is 1. The lowest BCUT2D eigenvalue weighted by atomic mass is 10.2. The zero-order chi connectivity index (χ0) is 28.3. The van der Waals surface area contributed by atoms with Crippen molar-refractivity contribution in [2.45, 2.75) is 31.6 Å². The number of benzene rings is 3. The molecule has 10 nitrogen and oxygen atoms in total. The fourth-order valence-corrected chi connectivity index (χ4v) is 4.19. The lowest BCUT2D eigenvalue weighted by Gasteiger charge is -2.10. The Hall–Kier alpha value is -4.22. The van der Waals surface area contributed by atoms with Gasteiger partial charge in [-0.15, -0.1) is 0 Å². The molecule has 0 bridgehead atoms. The summed E-state index contributed by atoms with van der Waals surface area (Å²) in [6.45, 7) is 4.05. The van der Waals surface area contributed by atoms with E-state index in [1.54, 1.807) is 48.5 Å². The molecule has 0 saturated heterocycles. The Kier molecular flexibility index (Phi) is 10.6. The Morgan fingerprint density at radius 3 is 2.36 bits per heavy atom. The number of hydrazone groups is 1. The molecule has 0 saturated carbocycles. The van der Waals surface area contributed by atoms with Crippen molar-refractivity contribution in [2.24, 2.45) is 5.10 Å². The standard InChI is InChI=1S/C28H31N3O7S/c1-4-5-16-37-23-11-9-22(10-12-23)28(33)38-25-15-8-21(17-26(25)36-3)18-29-31-27(32)19-30-39(34,35)24-13-6-20(2)7-14-24/h6-15,17-18,30H,4-5,16,19H2,1-3H3,(H,31,32). The fraction of sp³-hybridized carbons (Fsp3) is 0.250. The Bertz CT molecular complexity index is 1400. The van der Waals surface area contributed by atoms with Crippen molar-refractivity contribution >= 4 is 28.1 Å². The van der Waals surface area contributed by atoms with Crippen molar-refractivity contribution < 1.29 is 32.2 Å². The second kappa shape index (κ2) is 14.1. The number of hydrogen-bond donors (Lipinski definition) is 2. The second-order valence-corrected chi connectivity index (χ2v) is 10.2. The molecule has 0 spiro atoms. The number of carbonyl (C=O) groups is 2. The molecule has 0 aliphatic rings. The van der Waals surface area contributed by atoms with Crippen LogP contribution in [0, 0.1) is 6.92 Å². The van der Waals surface area contributed by atoms with Gasteiger partial charge >= 0.3 is 5.97 Å². The van der Waals surface area contributed by atoms with Crippen LogP contribution in [0.3, 0.4) is 0 Å². The zero-order valence-corrected chi connectivity index (χ0v) is 22.8. The number of nitrogens with one attached hydrogen (secondary N) is 2. The minimum absolute atomic E-state index is 0.0609. The van der Waals surface area contributed by atoms with Gasteiger partial charge < -0.3 is 14.2 Å². The van der Waals surface area contributed by atoms with Crippen molar-refractivity contribution in [3.05, 3.63) is 83.4 Å². The number of ether oxygens (including phenoxy) is 3. The van der Waals surface area contributed by atoms with Gasteiger partial charge in [-0.1, -0.05) is 31.0 Å². The third-order valence-corrected chi connectivity index (χ3v) is 6.82. The molecule has 0 aliphatic carbocycles. The lowest BCUT2D eigenvalue weighted by molar-refractivity contribution is -0.119. The normalized spacial score (nSPS) is 11.3. The van der Waals surface area contributed by atoms with E-state index >= 15 is 0 Å². The Morgan fingerprint density at radius 2 is 1.69 bits per heavy atom. The summed E-state index contributed by atoms with van der Waals surface area (Å²) in [6, 6.07) is 17.7. The summed E-state index contributed by atoms with van der Waals surface area (Å²) in [6.07, 6.45) is 3.33. The summed E-state index contributed by atoms with van der Waals surface area (Å²) in [5, 5.41) is 3.84. The monoisotopic (exact) mass is 553 g/mol. The Balaban J connectivity index is 1.53. The largest absolute Gasteiger partial charge is 0.494 e. The molecular weight excluding hydrogens is 522 g/mol. The highest BCUT2D eigenvalue weighted by molar-refractivity contribution is 7.89. The van der Waals surface area contributed by atoms with E-state index < -0.39 is 28.4 Å². The molecule has 0 atom stereocenters. The molecular formula is C28H31N3O7S. The number of nitrogens with zero attached hydrogens (tertiary/aromatic N) is 1. The molecule has 1 amide bonds. The minimum atomic E-state index is -3.83. The van der Waals surface area contributed by atoms with Gasteiger partial charge in [0.15, 0.2) is 11.5 Å². The third kappa shape index (κ3) is 8.94. The topological polar surface area (TPSA) is 132 Å². The first kappa shape index (κ1) is 29.3. The second-order valence-electron chi connectivity index (χ2n) is 8.46. The summed E-state index contributed by atoms with van der Waals surface area (Å²) >= 11 is 0. The molecule has 0 radical (unpaired) electrons. The van der Waals surface area contributed by atoms with Gasteiger partial charge in [0.25, 0.3) is 5.91 Å². The zero-order valence-electron chi connectivity index (χ0n) is 22.0. The van der Waals surface area contributed by atoms with Crippen LogP contribution in [-0.2, 0) is 14.8 Å². The maximum Gasteiger partial charge on any atom is 0.343 e. The van der Waals surface area contributed by atoms with Crippen LogP contribution in [0.15, 0.2) is 76.7 Å². The molecule has 2 N–H and O–H groups in total. The van der Waals surface area contributed by atoms with E-state index in [9.17, 15) is 18.0 Å². The fourth-order valence-electron chi connectivity index (χ4n) is 3.21. The molecule has 0 unspecified atom stereocenters. The number of amides is 1. The molecule has 3 rings (SSSR count). The van der Waals surface area contributed by atoms with E-state index in [0.29, 0.717) is 23.5 Å². The van der Waals surface area contributed by atoms with Crippen molar-refractivity contribution in [3.8, 4) is 17.2 Å². The van der Waals surface area contributed by atoms with Crippen molar-refractivity contribution in [1.29, 1.82) is 0 Å². The van der Waals surface area contributed by atoms with Crippen LogP contribution in [0.4, 0.5) is 0 Å². The van der Waals surface area contributed by atoms with Gasteiger partial charge in [0.2, 0.25) is 10.0 Å². The molecule has 11 heteroatoms. The molecule has 0 heterocycles. The summed E-state index contributed by atoms with van der Waals surface area (Å²) in [7, 11) is -2.40. The van der Waals surface area contributed by atoms with Gasteiger partial charge in [0.1, 0.15) is 5.75 Å². The number of aryl methyl sites for hydroxylation is 1. The predicted molar refractivity (Wildman–Crippen MR) is 147 cm³/mol. The predicted octanol–water partition coefficient (Wildman–Crippen LogP) is 3.83. The van der Waals surface area contributed by atoms with Crippen LogP contribution in [-0.4, -0.2) is 46.8 Å². The molecule has 0 fully saturated rings. The lowest BCUT2D eigenvalue weighted by Crippen LogP contribution is -2.34. The van der Waals surface area contributed by atoms with Crippen LogP contribution in [0.1, 0.15) is 41.3 Å². The van der Waals surface area contributed by atoms with Crippen LogP contribution in [0.2, 0.25) is 0 Å². The summed E-state index contributed by atoms with van der Waals surface area (Å²) in [4.78, 5) is 24.7. The van der Waals surface area contributed by atoms with Crippen molar-refractivity contribution in [1.82, 2.24) is 10.1 Å². The van der Waals surface area contributed by atoms with Gasteiger partial charge in [-0.2, -0.15) is 5.10 Å². The highest BCUT2D eigenvalue weighted by atomic mass is 32.2. The third-order valence-electron chi connectivity index (χ3n) is 5.40. The maximum atomic E-state index is 12.6. The number of rotatable bonds is 13. The SMILES string of the molecule is CCCCOc1ccc(C(=O)Oc2ccc(C=NNC(=O)CNS(=O)(=O)c3ccc(C)cc3)cc2OC)cc1. The van der Waals surface area contributed by atoms with E-state index in [0.717, 1.165) is 18.4 Å². The average Bonchev–Trinajstić information content (AvgIpc) is 2.93. The molecule has 0 aliphatic heterocycles. The number of sulfonamides is 1. The van der Waals surface area contributed by atoms with Crippen LogP contribution in [0.5, 0.6) is 17.2 Å². The molecule has 0 aromatic heterocycles. The highest BCUT2D eigenvalue weighted by Gasteiger charge is 2.15. The van der Waals surface area contributed by atoms with Gasteiger partial charge in [-0.25, -0.2) is 23.4 Å².